The van der Waals surface area contributed by atoms with Gasteiger partial charge in [-0.15, -0.1) is 6.58 Å². The van der Waals surface area contributed by atoms with Crippen LogP contribution in [0.25, 0.3) is 0 Å². The quantitative estimate of drug-likeness (QED) is 0.424. The number of carbonyl (C=O) groups excluding carboxylic acids is 2. The van der Waals surface area contributed by atoms with Gasteiger partial charge in [-0.1, -0.05) is 6.08 Å². The predicted molar refractivity (Wildman–Crippen MR) is 114 cm³/mol. The molecule has 0 spiro atoms. The van der Waals surface area contributed by atoms with E-state index in [4.69, 9.17) is 9.15 Å². The Kier molecular flexibility index (Phi) is 7.51. The molecule has 160 valence electrons. The monoisotopic (exact) mass is 413 g/mol. The largest absolute Gasteiger partial charge is 0.497 e. The van der Waals surface area contributed by atoms with E-state index in [0.29, 0.717) is 6.54 Å². The number of quaternary nitrogens is 1. The van der Waals surface area contributed by atoms with Crippen molar-refractivity contribution in [2.45, 2.75) is 6.04 Å². The van der Waals surface area contributed by atoms with Crippen LogP contribution < -0.4 is 25.2 Å². The summed E-state index contributed by atoms with van der Waals surface area (Å²) in [6.07, 6.45) is 3.16. The number of nitrogens with one attached hydrogen (secondary N) is 3. The van der Waals surface area contributed by atoms with Crippen LogP contribution >= 0.6 is 0 Å². The van der Waals surface area contributed by atoms with E-state index in [-0.39, 0.29) is 12.6 Å². The van der Waals surface area contributed by atoms with Crippen molar-refractivity contribution >= 4 is 17.5 Å². The van der Waals surface area contributed by atoms with Crippen LogP contribution in [0.3, 0.4) is 0 Å². The van der Waals surface area contributed by atoms with Gasteiger partial charge in [-0.2, -0.15) is 0 Å². The molecule has 2 amide bonds. The number of furan rings is 1. The van der Waals surface area contributed by atoms with Gasteiger partial charge in [-0.3, -0.25) is 9.59 Å². The van der Waals surface area contributed by atoms with Crippen LogP contribution in [-0.4, -0.2) is 58.2 Å². The normalized spacial score (nSPS) is 15.3. The molecule has 1 aromatic heterocycles. The zero-order chi connectivity index (χ0) is 21.3. The molecule has 0 bridgehead atoms. The first kappa shape index (κ1) is 21.4. The molecule has 1 atom stereocenters. The maximum atomic E-state index is 12.1. The van der Waals surface area contributed by atoms with Gasteiger partial charge in [0.15, 0.2) is 11.8 Å². The maximum Gasteiger partial charge on any atom is 0.309 e. The fraction of sp³-hybridized carbons (Fsp3) is 0.364. The van der Waals surface area contributed by atoms with E-state index < -0.39 is 11.8 Å². The number of benzene rings is 1. The number of nitrogens with zero attached hydrogens (tertiary/aromatic N) is 1. The van der Waals surface area contributed by atoms with Crippen LogP contribution in [0.4, 0.5) is 5.69 Å². The first-order chi connectivity index (χ1) is 14.6. The van der Waals surface area contributed by atoms with Crippen molar-refractivity contribution in [3.8, 4) is 5.75 Å². The van der Waals surface area contributed by atoms with Gasteiger partial charge in [0.1, 0.15) is 5.75 Å². The number of hydrogen-bond acceptors (Lipinski definition) is 5. The molecular weight excluding hydrogens is 384 g/mol. The first-order valence-electron chi connectivity index (χ1n) is 10.1. The minimum atomic E-state index is -0.660. The summed E-state index contributed by atoms with van der Waals surface area (Å²) in [5, 5.41) is 5.23. The van der Waals surface area contributed by atoms with Crippen molar-refractivity contribution in [3.05, 3.63) is 61.1 Å². The highest BCUT2D eigenvalue weighted by molar-refractivity contribution is 6.35. The Morgan fingerprint density at radius 3 is 2.50 bits per heavy atom. The highest BCUT2D eigenvalue weighted by Gasteiger charge is 2.31. The molecule has 0 unspecified atom stereocenters. The second-order valence-electron chi connectivity index (χ2n) is 7.12. The summed E-state index contributed by atoms with van der Waals surface area (Å²) >= 11 is 0. The molecule has 0 saturated carbocycles. The van der Waals surface area contributed by atoms with Crippen LogP contribution in [0.15, 0.2) is 59.7 Å². The Morgan fingerprint density at radius 1 is 1.20 bits per heavy atom. The zero-order valence-corrected chi connectivity index (χ0v) is 17.2. The number of carbonyl (C=O) groups is 2. The van der Waals surface area contributed by atoms with Gasteiger partial charge in [-0.25, -0.2) is 0 Å². The topological polar surface area (TPSA) is 88.2 Å². The minimum Gasteiger partial charge on any atom is -0.497 e. The predicted octanol–water partition coefficient (Wildman–Crippen LogP) is 0.153. The maximum absolute atomic E-state index is 12.1. The molecule has 1 fully saturated rings. The van der Waals surface area contributed by atoms with Crippen molar-refractivity contribution in [2.24, 2.45) is 0 Å². The summed E-state index contributed by atoms with van der Waals surface area (Å²) in [5.41, 5.74) is 1.16. The van der Waals surface area contributed by atoms with Gasteiger partial charge in [0.25, 0.3) is 0 Å². The minimum absolute atomic E-state index is 0.0610. The lowest BCUT2D eigenvalue weighted by molar-refractivity contribution is -0.932. The van der Waals surface area contributed by atoms with Gasteiger partial charge < -0.3 is 29.6 Å². The molecule has 1 aromatic carbocycles. The number of anilines is 1. The van der Waals surface area contributed by atoms with E-state index in [9.17, 15) is 9.59 Å². The summed E-state index contributed by atoms with van der Waals surface area (Å²) in [5.74, 6) is 0.334. The summed E-state index contributed by atoms with van der Waals surface area (Å²) in [7, 11) is 1.66. The second kappa shape index (κ2) is 10.5. The molecule has 30 heavy (non-hydrogen) atoms. The number of rotatable bonds is 8. The molecule has 0 radical (unpaired) electrons. The molecular formula is C22H29N4O4+. The molecule has 1 aliphatic rings. The van der Waals surface area contributed by atoms with Crippen molar-refractivity contribution in [1.29, 1.82) is 0 Å². The van der Waals surface area contributed by atoms with Gasteiger partial charge >= 0.3 is 11.8 Å². The number of amides is 2. The Balaban J connectivity index is 1.59. The zero-order valence-electron chi connectivity index (χ0n) is 17.2. The van der Waals surface area contributed by atoms with Gasteiger partial charge in [-0.05, 0) is 36.4 Å². The Labute approximate surface area is 176 Å². The summed E-state index contributed by atoms with van der Waals surface area (Å²) < 4.78 is 10.9. The van der Waals surface area contributed by atoms with E-state index in [2.05, 4.69) is 34.2 Å². The second-order valence-corrected chi connectivity index (χ2v) is 7.12. The molecule has 1 saturated heterocycles. The molecule has 2 heterocycles. The smallest absolute Gasteiger partial charge is 0.309 e. The van der Waals surface area contributed by atoms with Crippen molar-refractivity contribution in [2.75, 3.05) is 51.3 Å². The molecule has 0 aliphatic carbocycles. The average Bonchev–Trinajstić information content (AvgIpc) is 3.32. The van der Waals surface area contributed by atoms with E-state index in [1.807, 2.05) is 24.3 Å². The van der Waals surface area contributed by atoms with Crippen molar-refractivity contribution < 1.29 is 23.6 Å². The van der Waals surface area contributed by atoms with Crippen molar-refractivity contribution in [3.63, 3.8) is 0 Å². The van der Waals surface area contributed by atoms with Gasteiger partial charge in [0.05, 0.1) is 46.1 Å². The summed E-state index contributed by atoms with van der Waals surface area (Å²) in [6, 6.07) is 11.8. The highest BCUT2D eigenvalue weighted by Crippen LogP contribution is 2.19. The van der Waals surface area contributed by atoms with Crippen LogP contribution in [-0.2, 0) is 9.59 Å². The fourth-order valence-corrected chi connectivity index (χ4v) is 3.65. The molecule has 2 aromatic rings. The van der Waals surface area contributed by atoms with E-state index in [0.717, 1.165) is 43.4 Å². The first-order valence-corrected chi connectivity index (χ1v) is 10.1. The van der Waals surface area contributed by atoms with Gasteiger partial charge in [0, 0.05) is 12.2 Å². The third-order valence-corrected chi connectivity index (χ3v) is 5.30. The van der Waals surface area contributed by atoms with E-state index >= 15 is 0 Å². The lowest BCUT2D eigenvalue weighted by Gasteiger charge is -2.37. The van der Waals surface area contributed by atoms with Crippen LogP contribution in [0.2, 0.25) is 0 Å². The Morgan fingerprint density at radius 2 is 1.90 bits per heavy atom. The molecule has 3 rings (SSSR count). The summed E-state index contributed by atoms with van der Waals surface area (Å²) in [6.45, 7) is 7.64. The lowest BCUT2D eigenvalue weighted by Crippen LogP contribution is -3.15. The van der Waals surface area contributed by atoms with E-state index in [1.54, 1.807) is 13.4 Å². The molecule has 8 nitrogen and oxygen atoms in total. The van der Waals surface area contributed by atoms with Crippen LogP contribution in [0.5, 0.6) is 5.75 Å². The average molecular weight is 413 g/mol. The van der Waals surface area contributed by atoms with Crippen molar-refractivity contribution in [1.82, 2.24) is 10.6 Å². The van der Waals surface area contributed by atoms with E-state index in [1.165, 1.54) is 11.0 Å². The summed E-state index contributed by atoms with van der Waals surface area (Å²) in [4.78, 5) is 27.5. The SMILES string of the molecule is C=CCNC(=O)C(=O)NC[C@H](c1ccco1)[NH+]1CCN(c2ccc(OC)cc2)CC1. The Bertz CT molecular complexity index is 827. The van der Waals surface area contributed by atoms with Crippen LogP contribution in [0, 0.1) is 0 Å². The molecule has 1 aliphatic heterocycles. The number of ether oxygens (including phenoxy) is 1. The molecule has 8 heteroatoms. The lowest BCUT2D eigenvalue weighted by atomic mass is 10.1. The number of hydrogen-bond donors (Lipinski definition) is 3. The molecule has 3 N–H and O–H groups in total. The van der Waals surface area contributed by atoms with Crippen LogP contribution in [0.1, 0.15) is 11.8 Å². The third-order valence-electron chi connectivity index (χ3n) is 5.30. The third kappa shape index (κ3) is 5.42. The standard InChI is InChI=1S/C22H28N4O4/c1-3-10-23-21(27)22(28)24-16-19(20-5-4-15-30-20)26-13-11-25(12-14-26)17-6-8-18(29-2)9-7-17/h3-9,15,19H,1,10-14,16H2,2H3,(H,23,27)(H,24,28)/p+1/t19-/m1/s1. The van der Waals surface area contributed by atoms with Gasteiger partial charge in [0.2, 0.25) is 0 Å². The fourth-order valence-electron chi connectivity index (χ4n) is 3.65. The number of piperazine rings is 1. The Hall–Kier alpha value is -3.26. The highest BCUT2D eigenvalue weighted by atomic mass is 16.5. The number of methoxy groups -OCH3 is 1.